The van der Waals surface area contributed by atoms with Crippen LogP contribution in [-0.2, 0) is 11.2 Å². The standard InChI is InChI=1S/C19H19N3O3S/c23-18(16-9-8-15(26-16)14-7-4-12-24-14)20-11-10-17-21-19(25-22-17)13-5-2-1-3-6-13/h1-3,5-6,8-9,14H,4,7,10-12H2,(H,20,23)/t14-/m0/s1. The van der Waals surface area contributed by atoms with Crippen LogP contribution in [0.15, 0.2) is 47.0 Å². The van der Waals surface area contributed by atoms with Crippen molar-refractivity contribution in [2.45, 2.75) is 25.4 Å². The maximum atomic E-state index is 12.3. The van der Waals surface area contributed by atoms with Crippen molar-refractivity contribution in [3.05, 3.63) is 58.0 Å². The molecule has 1 aromatic carbocycles. The van der Waals surface area contributed by atoms with E-state index in [0.29, 0.717) is 29.6 Å². The van der Waals surface area contributed by atoms with Crippen molar-refractivity contribution in [3.8, 4) is 11.5 Å². The first-order valence-corrected chi connectivity index (χ1v) is 9.49. The van der Waals surface area contributed by atoms with Crippen molar-refractivity contribution < 1.29 is 14.1 Å². The molecule has 1 N–H and O–H groups in total. The van der Waals surface area contributed by atoms with Gasteiger partial charge >= 0.3 is 0 Å². The first-order chi connectivity index (χ1) is 12.8. The number of aromatic nitrogens is 2. The molecule has 0 bridgehead atoms. The van der Waals surface area contributed by atoms with Gasteiger partial charge in [0, 0.05) is 30.0 Å². The number of benzene rings is 1. The van der Waals surface area contributed by atoms with E-state index in [2.05, 4.69) is 15.5 Å². The number of hydrogen-bond donors (Lipinski definition) is 1. The number of ether oxygens (including phenoxy) is 1. The van der Waals surface area contributed by atoms with Gasteiger partial charge in [0.15, 0.2) is 5.82 Å². The van der Waals surface area contributed by atoms with Gasteiger partial charge in [0.05, 0.1) is 11.0 Å². The summed E-state index contributed by atoms with van der Waals surface area (Å²) in [6, 6.07) is 13.5. The molecule has 0 aliphatic carbocycles. The first-order valence-electron chi connectivity index (χ1n) is 8.67. The molecule has 1 aliphatic heterocycles. The number of nitrogens with zero attached hydrogens (tertiary/aromatic N) is 2. The fourth-order valence-corrected chi connectivity index (χ4v) is 3.89. The lowest BCUT2D eigenvalue weighted by atomic mass is 10.2. The second-order valence-electron chi connectivity index (χ2n) is 6.09. The molecule has 1 aliphatic rings. The van der Waals surface area contributed by atoms with Gasteiger partial charge in [-0.05, 0) is 37.1 Å². The highest BCUT2D eigenvalue weighted by atomic mass is 32.1. The fourth-order valence-electron chi connectivity index (χ4n) is 2.88. The number of amides is 1. The number of carbonyl (C=O) groups is 1. The Morgan fingerprint density at radius 1 is 1.23 bits per heavy atom. The largest absolute Gasteiger partial charge is 0.373 e. The molecule has 1 fully saturated rings. The van der Waals surface area contributed by atoms with E-state index in [1.165, 1.54) is 11.3 Å². The van der Waals surface area contributed by atoms with E-state index in [1.54, 1.807) is 0 Å². The van der Waals surface area contributed by atoms with Crippen LogP contribution in [0, 0.1) is 0 Å². The van der Waals surface area contributed by atoms with Crippen LogP contribution in [-0.4, -0.2) is 29.2 Å². The zero-order valence-electron chi connectivity index (χ0n) is 14.2. The number of thiophene rings is 1. The zero-order valence-corrected chi connectivity index (χ0v) is 15.0. The van der Waals surface area contributed by atoms with E-state index < -0.39 is 0 Å². The van der Waals surface area contributed by atoms with Gasteiger partial charge in [-0.25, -0.2) is 0 Å². The van der Waals surface area contributed by atoms with Crippen molar-refractivity contribution >= 4 is 17.2 Å². The van der Waals surface area contributed by atoms with Crippen LogP contribution in [0.25, 0.3) is 11.5 Å². The van der Waals surface area contributed by atoms with Crippen LogP contribution < -0.4 is 5.32 Å². The Hall–Kier alpha value is -2.51. The molecule has 0 spiro atoms. The Labute approximate surface area is 155 Å². The van der Waals surface area contributed by atoms with Crippen LogP contribution in [0.3, 0.4) is 0 Å². The molecule has 3 heterocycles. The molecule has 1 amide bonds. The number of rotatable bonds is 6. The van der Waals surface area contributed by atoms with Gasteiger partial charge in [0.2, 0.25) is 0 Å². The number of hydrogen-bond acceptors (Lipinski definition) is 6. The van der Waals surface area contributed by atoms with Crippen molar-refractivity contribution in [2.75, 3.05) is 13.2 Å². The normalized spacial score (nSPS) is 16.7. The molecule has 0 radical (unpaired) electrons. The highest BCUT2D eigenvalue weighted by molar-refractivity contribution is 7.14. The lowest BCUT2D eigenvalue weighted by Gasteiger charge is -2.05. The monoisotopic (exact) mass is 369 g/mol. The van der Waals surface area contributed by atoms with Gasteiger partial charge < -0.3 is 14.6 Å². The third-order valence-corrected chi connectivity index (χ3v) is 5.40. The molecule has 134 valence electrons. The molecule has 7 heteroatoms. The number of nitrogens with one attached hydrogen (secondary N) is 1. The van der Waals surface area contributed by atoms with Crippen LogP contribution in [0.1, 0.15) is 39.3 Å². The lowest BCUT2D eigenvalue weighted by Crippen LogP contribution is -2.25. The molecular weight excluding hydrogens is 350 g/mol. The van der Waals surface area contributed by atoms with Gasteiger partial charge in [-0.1, -0.05) is 23.4 Å². The molecule has 4 rings (SSSR count). The Balaban J connectivity index is 1.29. The maximum Gasteiger partial charge on any atom is 0.261 e. The summed E-state index contributed by atoms with van der Waals surface area (Å²) >= 11 is 1.50. The SMILES string of the molecule is O=C(NCCc1noc(-c2ccccc2)n1)c1ccc([C@@H]2CCCO2)s1. The fraction of sp³-hybridized carbons (Fsp3) is 0.316. The van der Waals surface area contributed by atoms with Crippen molar-refractivity contribution in [2.24, 2.45) is 0 Å². The molecular formula is C19H19N3O3S. The smallest absolute Gasteiger partial charge is 0.261 e. The lowest BCUT2D eigenvalue weighted by molar-refractivity contribution is 0.0958. The van der Waals surface area contributed by atoms with E-state index in [9.17, 15) is 4.79 Å². The van der Waals surface area contributed by atoms with E-state index in [-0.39, 0.29) is 12.0 Å². The van der Waals surface area contributed by atoms with Crippen LogP contribution >= 0.6 is 11.3 Å². The van der Waals surface area contributed by atoms with Gasteiger partial charge in [-0.2, -0.15) is 4.98 Å². The Morgan fingerprint density at radius 3 is 2.92 bits per heavy atom. The summed E-state index contributed by atoms with van der Waals surface area (Å²) in [4.78, 5) is 18.5. The maximum absolute atomic E-state index is 12.3. The summed E-state index contributed by atoms with van der Waals surface area (Å²) in [6.07, 6.45) is 2.78. The van der Waals surface area contributed by atoms with Crippen molar-refractivity contribution in [1.29, 1.82) is 0 Å². The molecule has 2 aromatic heterocycles. The molecule has 0 saturated carbocycles. The molecule has 1 atom stereocenters. The Morgan fingerprint density at radius 2 is 2.12 bits per heavy atom. The van der Waals surface area contributed by atoms with Gasteiger partial charge in [0.1, 0.15) is 0 Å². The summed E-state index contributed by atoms with van der Waals surface area (Å²) < 4.78 is 10.9. The minimum Gasteiger partial charge on any atom is -0.373 e. The van der Waals surface area contributed by atoms with Crippen molar-refractivity contribution in [1.82, 2.24) is 15.5 Å². The second-order valence-corrected chi connectivity index (χ2v) is 7.21. The summed E-state index contributed by atoms with van der Waals surface area (Å²) in [5.74, 6) is 0.993. The third kappa shape index (κ3) is 3.84. The van der Waals surface area contributed by atoms with E-state index in [0.717, 1.165) is 29.9 Å². The molecule has 0 unspecified atom stereocenters. The Kier molecular flexibility index (Phi) is 5.08. The summed E-state index contributed by atoms with van der Waals surface area (Å²) in [7, 11) is 0. The second kappa shape index (κ2) is 7.80. The van der Waals surface area contributed by atoms with Crippen molar-refractivity contribution in [3.63, 3.8) is 0 Å². The quantitative estimate of drug-likeness (QED) is 0.718. The van der Waals surface area contributed by atoms with Gasteiger partial charge in [-0.3, -0.25) is 4.79 Å². The Bertz CT molecular complexity index is 869. The van der Waals surface area contributed by atoms with Crippen LogP contribution in [0.5, 0.6) is 0 Å². The minimum absolute atomic E-state index is 0.0778. The highest BCUT2D eigenvalue weighted by Crippen LogP contribution is 2.33. The predicted octanol–water partition coefficient (Wildman–Crippen LogP) is 3.62. The summed E-state index contributed by atoms with van der Waals surface area (Å²) in [5, 5.41) is 6.88. The van der Waals surface area contributed by atoms with Gasteiger partial charge in [0.25, 0.3) is 11.8 Å². The number of carbonyl (C=O) groups excluding carboxylic acids is 1. The average Bonchev–Trinajstić information content (AvgIpc) is 3.42. The topological polar surface area (TPSA) is 77.3 Å². The first kappa shape index (κ1) is 16.9. The molecule has 3 aromatic rings. The van der Waals surface area contributed by atoms with Crippen LogP contribution in [0.4, 0.5) is 0 Å². The molecule has 1 saturated heterocycles. The summed E-state index contributed by atoms with van der Waals surface area (Å²) in [6.45, 7) is 1.26. The predicted molar refractivity (Wildman–Crippen MR) is 98.0 cm³/mol. The van der Waals surface area contributed by atoms with Gasteiger partial charge in [-0.15, -0.1) is 11.3 Å². The summed E-state index contributed by atoms with van der Waals surface area (Å²) in [5.41, 5.74) is 0.885. The molecule has 6 nitrogen and oxygen atoms in total. The van der Waals surface area contributed by atoms with E-state index in [4.69, 9.17) is 9.26 Å². The average molecular weight is 369 g/mol. The zero-order chi connectivity index (χ0) is 17.8. The van der Waals surface area contributed by atoms with E-state index in [1.807, 2.05) is 42.5 Å². The van der Waals surface area contributed by atoms with Crippen LogP contribution in [0.2, 0.25) is 0 Å². The minimum atomic E-state index is -0.0778. The van der Waals surface area contributed by atoms with E-state index >= 15 is 0 Å². The highest BCUT2D eigenvalue weighted by Gasteiger charge is 2.20. The third-order valence-electron chi connectivity index (χ3n) is 4.22. The molecule has 26 heavy (non-hydrogen) atoms.